The Morgan fingerprint density at radius 2 is 1.34 bits per heavy atom. The van der Waals surface area contributed by atoms with Crippen LogP contribution in [0.25, 0.3) is 16.2 Å². The first-order valence-electron chi connectivity index (χ1n) is 14.3. The van der Waals surface area contributed by atoms with Gasteiger partial charge in [-0.05, 0) is 100.0 Å². The van der Waals surface area contributed by atoms with Crippen molar-refractivity contribution in [2.24, 2.45) is 0 Å². The summed E-state index contributed by atoms with van der Waals surface area (Å²) in [6, 6.07) is 27.6. The fourth-order valence-electron chi connectivity index (χ4n) is 6.62. The molecule has 0 fully saturated rings. The predicted molar refractivity (Wildman–Crippen MR) is 170 cm³/mol. The van der Waals surface area contributed by atoms with Crippen molar-refractivity contribution >= 4 is 56.1 Å². The number of benzene rings is 4. The molecule has 202 valence electrons. The van der Waals surface area contributed by atoms with Crippen LogP contribution in [0.5, 0.6) is 0 Å². The van der Waals surface area contributed by atoms with Crippen LogP contribution in [0.15, 0.2) is 89.8 Å². The van der Waals surface area contributed by atoms with Gasteiger partial charge in [0.2, 0.25) is 0 Å². The number of fused-ring (bicyclic) bond motifs is 4. The minimum atomic E-state index is -0.177. The summed E-state index contributed by atoms with van der Waals surface area (Å²) in [6.07, 6.45) is 3.43. The highest BCUT2D eigenvalue weighted by molar-refractivity contribution is 7.17. The number of hydrogen-bond acceptors (Lipinski definition) is 4. The number of carbonyl (C=O) groups is 2. The Labute approximate surface area is 244 Å². The molecule has 0 spiro atoms. The third-order valence-electron chi connectivity index (χ3n) is 8.85. The molecule has 0 saturated carbocycles. The maximum Gasteiger partial charge on any atom is 0.197 e. The second kappa shape index (κ2) is 9.39. The van der Waals surface area contributed by atoms with Crippen molar-refractivity contribution in [3.05, 3.63) is 129 Å². The molecule has 0 atom stereocenters. The minimum absolute atomic E-state index is 0.124. The van der Waals surface area contributed by atoms with Crippen molar-refractivity contribution < 1.29 is 9.59 Å². The minimum Gasteiger partial charge on any atom is -0.310 e. The Morgan fingerprint density at radius 1 is 0.732 bits per heavy atom. The van der Waals surface area contributed by atoms with Gasteiger partial charge in [-0.25, -0.2) is 0 Å². The van der Waals surface area contributed by atoms with E-state index >= 15 is 0 Å². The molecule has 4 aromatic carbocycles. The quantitative estimate of drug-likeness (QED) is 0.164. The molecule has 1 aromatic heterocycles. The number of anilines is 3. The van der Waals surface area contributed by atoms with Crippen molar-refractivity contribution in [1.29, 1.82) is 0 Å². The van der Waals surface area contributed by atoms with Crippen LogP contribution < -0.4 is 4.90 Å². The Bertz CT molecular complexity index is 1840. The molecule has 2 heterocycles. The first-order chi connectivity index (χ1) is 19.8. The molecular formula is C37H31NO2S. The van der Waals surface area contributed by atoms with E-state index in [2.05, 4.69) is 93.3 Å². The van der Waals surface area contributed by atoms with Gasteiger partial charge in [0.15, 0.2) is 11.6 Å². The van der Waals surface area contributed by atoms with E-state index in [1.54, 1.807) is 11.3 Å². The standard InChI is InChI=1S/C37H31NO2S/c1-5-22-20-33(38-31-13-9-7-11-29(31)37(3,4)30-12-8-10-14-32(30)38)23(6-2)17-25(22)19-28-35(39)26-18-24-15-16-41-34(24)21-27(26)36(28)40/h7-21H,5-6H2,1-4H3/b28-19-. The topological polar surface area (TPSA) is 37.4 Å². The molecule has 0 bridgehead atoms. The summed E-state index contributed by atoms with van der Waals surface area (Å²) in [5.41, 5.74) is 10.5. The first-order valence-corrected chi connectivity index (χ1v) is 15.2. The normalized spacial score (nSPS) is 16.3. The highest BCUT2D eigenvalue weighted by Crippen LogP contribution is 2.52. The van der Waals surface area contributed by atoms with E-state index in [1.807, 2.05) is 29.7 Å². The number of nitrogens with zero attached hydrogens (tertiary/aromatic N) is 1. The van der Waals surface area contributed by atoms with E-state index in [-0.39, 0.29) is 22.6 Å². The lowest BCUT2D eigenvalue weighted by Crippen LogP contribution is -2.31. The highest BCUT2D eigenvalue weighted by atomic mass is 32.1. The van der Waals surface area contributed by atoms with Gasteiger partial charge in [0, 0.05) is 26.9 Å². The van der Waals surface area contributed by atoms with Crippen LogP contribution in [0.2, 0.25) is 0 Å². The summed E-state index contributed by atoms with van der Waals surface area (Å²) >= 11 is 1.59. The number of Topliss-reactive ketones (excluding diaryl/α,β-unsaturated/α-hetero) is 2. The third-order valence-corrected chi connectivity index (χ3v) is 9.73. The zero-order valence-electron chi connectivity index (χ0n) is 23.7. The fourth-order valence-corrected chi connectivity index (χ4v) is 7.43. The average Bonchev–Trinajstić information content (AvgIpc) is 3.54. The molecule has 3 nitrogen and oxygen atoms in total. The molecule has 5 aromatic rings. The van der Waals surface area contributed by atoms with Gasteiger partial charge in [-0.1, -0.05) is 64.1 Å². The molecule has 41 heavy (non-hydrogen) atoms. The van der Waals surface area contributed by atoms with Gasteiger partial charge in [-0.2, -0.15) is 0 Å². The van der Waals surface area contributed by atoms with E-state index in [1.165, 1.54) is 28.1 Å². The number of allylic oxidation sites excluding steroid dienone is 1. The Hall–Kier alpha value is -4.28. The number of aryl methyl sites for hydroxylation is 2. The van der Waals surface area contributed by atoms with Gasteiger partial charge >= 0.3 is 0 Å². The Morgan fingerprint density at radius 3 is 1.98 bits per heavy atom. The maximum absolute atomic E-state index is 13.5. The summed E-state index contributed by atoms with van der Waals surface area (Å²) in [4.78, 5) is 29.4. The number of carbonyl (C=O) groups excluding carboxylic acids is 2. The molecule has 1 aliphatic heterocycles. The van der Waals surface area contributed by atoms with Gasteiger partial charge < -0.3 is 4.90 Å². The van der Waals surface area contributed by atoms with E-state index in [4.69, 9.17) is 0 Å². The van der Waals surface area contributed by atoms with Gasteiger partial charge in [0.1, 0.15) is 0 Å². The molecule has 0 saturated heterocycles. The second-order valence-electron chi connectivity index (χ2n) is 11.5. The van der Waals surface area contributed by atoms with E-state index < -0.39 is 0 Å². The molecule has 1 aliphatic carbocycles. The monoisotopic (exact) mass is 553 g/mol. The third kappa shape index (κ3) is 3.78. The van der Waals surface area contributed by atoms with Crippen molar-refractivity contribution in [1.82, 2.24) is 0 Å². The summed E-state index contributed by atoms with van der Waals surface area (Å²) < 4.78 is 1.03. The van der Waals surface area contributed by atoms with Gasteiger partial charge in [0.05, 0.1) is 16.9 Å². The number of para-hydroxylation sites is 2. The van der Waals surface area contributed by atoms with E-state index in [9.17, 15) is 9.59 Å². The lowest BCUT2D eigenvalue weighted by atomic mass is 9.73. The summed E-state index contributed by atoms with van der Waals surface area (Å²) in [5.74, 6) is -0.353. The molecule has 0 radical (unpaired) electrons. The van der Waals surface area contributed by atoms with Gasteiger partial charge in [-0.15, -0.1) is 11.3 Å². The largest absolute Gasteiger partial charge is 0.310 e. The van der Waals surface area contributed by atoms with Crippen LogP contribution in [0.4, 0.5) is 17.1 Å². The number of hydrogen-bond donors (Lipinski definition) is 0. The van der Waals surface area contributed by atoms with E-state index in [0.717, 1.165) is 39.7 Å². The number of thiophene rings is 1. The Balaban J connectivity index is 1.39. The molecular weight excluding hydrogens is 522 g/mol. The van der Waals surface area contributed by atoms with Crippen LogP contribution >= 0.6 is 11.3 Å². The molecule has 0 unspecified atom stereocenters. The Kier molecular flexibility index (Phi) is 5.88. The smallest absolute Gasteiger partial charge is 0.197 e. The zero-order valence-corrected chi connectivity index (χ0v) is 24.6. The van der Waals surface area contributed by atoms with Crippen LogP contribution in [-0.4, -0.2) is 11.6 Å². The number of rotatable bonds is 4. The summed E-state index contributed by atoms with van der Waals surface area (Å²) in [7, 11) is 0. The lowest BCUT2D eigenvalue weighted by Gasteiger charge is -2.42. The second-order valence-corrected chi connectivity index (χ2v) is 12.4. The number of ketones is 2. The van der Waals surface area contributed by atoms with Crippen LogP contribution in [0.1, 0.15) is 76.2 Å². The first kappa shape index (κ1) is 25.7. The van der Waals surface area contributed by atoms with Gasteiger partial charge in [0.25, 0.3) is 0 Å². The van der Waals surface area contributed by atoms with Gasteiger partial charge in [-0.3, -0.25) is 9.59 Å². The molecule has 7 rings (SSSR count). The average molecular weight is 554 g/mol. The predicted octanol–water partition coefficient (Wildman–Crippen LogP) is 9.60. The van der Waals surface area contributed by atoms with Crippen LogP contribution in [-0.2, 0) is 18.3 Å². The van der Waals surface area contributed by atoms with E-state index in [0.29, 0.717) is 11.1 Å². The van der Waals surface area contributed by atoms with Crippen LogP contribution in [0, 0.1) is 0 Å². The molecule has 0 amide bonds. The zero-order chi connectivity index (χ0) is 28.5. The van der Waals surface area contributed by atoms with Crippen molar-refractivity contribution in [2.75, 3.05) is 4.90 Å². The SMILES string of the molecule is CCc1cc(N2c3ccccc3C(C)(C)c3ccccc32)c(CC)cc1/C=C1/C(=O)c2cc3ccsc3cc2C1=O. The van der Waals surface area contributed by atoms with Crippen molar-refractivity contribution in [2.45, 2.75) is 46.0 Å². The molecule has 0 N–H and O–H groups in total. The fraction of sp³-hybridized carbons (Fsp3) is 0.189. The maximum atomic E-state index is 13.5. The van der Waals surface area contributed by atoms with Crippen molar-refractivity contribution in [3.8, 4) is 0 Å². The van der Waals surface area contributed by atoms with Crippen LogP contribution in [0.3, 0.4) is 0 Å². The highest BCUT2D eigenvalue weighted by Gasteiger charge is 2.37. The summed E-state index contributed by atoms with van der Waals surface area (Å²) in [5, 5.41) is 3.00. The van der Waals surface area contributed by atoms with Crippen molar-refractivity contribution in [3.63, 3.8) is 0 Å². The summed E-state index contributed by atoms with van der Waals surface area (Å²) in [6.45, 7) is 8.90. The molecule has 2 aliphatic rings. The lowest BCUT2D eigenvalue weighted by molar-refractivity contribution is 0.0990. The molecule has 4 heteroatoms.